The fourth-order valence-corrected chi connectivity index (χ4v) is 4.18. The fraction of sp³-hybridized carbons (Fsp3) is 0.556. The van der Waals surface area contributed by atoms with Gasteiger partial charge in [0, 0.05) is 12.9 Å². The molecule has 0 spiro atoms. The van der Waals surface area contributed by atoms with E-state index in [0.29, 0.717) is 13.0 Å². The van der Waals surface area contributed by atoms with Gasteiger partial charge in [0.15, 0.2) is 0 Å². The van der Waals surface area contributed by atoms with Crippen LogP contribution in [0.2, 0.25) is 0 Å². The highest BCUT2D eigenvalue weighted by molar-refractivity contribution is 8.14. The van der Waals surface area contributed by atoms with Crippen molar-refractivity contribution < 1.29 is 27.2 Å². The largest absolute Gasteiger partial charge is 0.444 e. The van der Waals surface area contributed by atoms with E-state index in [1.807, 2.05) is 4.72 Å². The number of nitrogens with zero attached hydrogens (tertiary/aromatic N) is 1. The monoisotopic (exact) mass is 445 g/mol. The van der Waals surface area contributed by atoms with Crippen molar-refractivity contribution in [2.75, 3.05) is 24.2 Å². The van der Waals surface area contributed by atoms with E-state index in [9.17, 15) is 13.2 Å². The maximum absolute atomic E-state index is 12.3. The lowest BCUT2D eigenvalue weighted by Gasteiger charge is -2.23. The van der Waals surface area contributed by atoms with Crippen LogP contribution in [0.5, 0.6) is 0 Å². The van der Waals surface area contributed by atoms with Gasteiger partial charge in [-0.2, -0.15) is 8.42 Å². The summed E-state index contributed by atoms with van der Waals surface area (Å²) in [6.07, 6.45) is -0.0950. The van der Waals surface area contributed by atoms with Crippen LogP contribution < -0.4 is 10.0 Å². The van der Waals surface area contributed by atoms with Crippen LogP contribution in [0.1, 0.15) is 26.3 Å². The van der Waals surface area contributed by atoms with Crippen LogP contribution in [0, 0.1) is 0 Å². The predicted molar refractivity (Wildman–Crippen MR) is 114 cm³/mol. The molecule has 0 fully saturated rings. The zero-order valence-corrected chi connectivity index (χ0v) is 18.5. The number of hydrogen-bond donors (Lipinski definition) is 3. The number of thioether (sulfide) groups is 1. The van der Waals surface area contributed by atoms with E-state index in [0.717, 1.165) is 16.4 Å². The Morgan fingerprint density at radius 3 is 2.55 bits per heavy atom. The van der Waals surface area contributed by atoms with Gasteiger partial charge in [-0.05, 0) is 44.9 Å². The highest BCUT2D eigenvalue weighted by Crippen LogP contribution is 2.23. The minimum absolute atomic E-state index is 0.0317. The molecule has 29 heavy (non-hydrogen) atoms. The molecule has 11 heteroatoms. The summed E-state index contributed by atoms with van der Waals surface area (Å²) in [5, 5.41) is 3.66. The molecule has 1 heterocycles. The average Bonchev–Trinajstić information content (AvgIpc) is 3.02. The molecule has 1 unspecified atom stereocenters. The third kappa shape index (κ3) is 8.60. The van der Waals surface area contributed by atoms with E-state index >= 15 is 0 Å². The molecular weight excluding hydrogens is 418 g/mol. The number of aliphatic imine (C=N–C) groups is 1. The second kappa shape index (κ2) is 9.79. The Morgan fingerprint density at radius 2 is 2.00 bits per heavy atom. The summed E-state index contributed by atoms with van der Waals surface area (Å²) in [6.45, 7) is 5.88. The van der Waals surface area contributed by atoms with Crippen molar-refractivity contribution in [2.45, 2.75) is 44.9 Å². The minimum atomic E-state index is -4.33. The molecular formula is C18H27N3O6S2. The molecule has 0 aromatic heterocycles. The number of hydrogen-bond acceptors (Lipinski definition) is 7. The lowest BCUT2D eigenvalue weighted by molar-refractivity contribution is 0.0518. The molecule has 0 saturated carbocycles. The molecule has 3 N–H and O–H groups in total. The molecule has 0 saturated heterocycles. The lowest BCUT2D eigenvalue weighted by Crippen LogP contribution is -2.43. The number of carbonyl (C=O) groups is 1. The highest BCUT2D eigenvalue weighted by atomic mass is 32.2. The third-order valence-corrected chi connectivity index (χ3v) is 5.45. The van der Waals surface area contributed by atoms with Crippen molar-refractivity contribution in [1.29, 1.82) is 0 Å². The number of amides is 1. The number of benzene rings is 1. The molecule has 2 rings (SSSR count). The van der Waals surface area contributed by atoms with Crippen LogP contribution in [-0.2, 0) is 26.2 Å². The van der Waals surface area contributed by atoms with Crippen molar-refractivity contribution in [2.24, 2.45) is 4.99 Å². The van der Waals surface area contributed by atoms with E-state index in [2.05, 4.69) is 10.3 Å². The summed E-state index contributed by atoms with van der Waals surface area (Å²) in [6, 6.07) is 6.13. The summed E-state index contributed by atoms with van der Waals surface area (Å²) >= 11 is 1.56. The Kier molecular flexibility index (Phi) is 7.92. The molecule has 0 aliphatic carbocycles. The van der Waals surface area contributed by atoms with Gasteiger partial charge in [0.1, 0.15) is 5.60 Å². The SMILES string of the molecule is COCC1CSC([C@H](Cc2ccc(NS(=O)(=O)O)cc2)NC(=O)OC(C)(C)C)=N1. The normalized spacial score (nSPS) is 18.1. The molecule has 1 aromatic rings. The highest BCUT2D eigenvalue weighted by Gasteiger charge is 2.28. The van der Waals surface area contributed by atoms with Gasteiger partial charge in [0.05, 0.1) is 29.4 Å². The first-order valence-electron chi connectivity index (χ1n) is 8.98. The van der Waals surface area contributed by atoms with Crippen LogP contribution in [0.15, 0.2) is 29.3 Å². The maximum Gasteiger partial charge on any atom is 0.408 e. The van der Waals surface area contributed by atoms with Gasteiger partial charge in [-0.1, -0.05) is 12.1 Å². The third-order valence-electron chi connectivity index (χ3n) is 3.72. The molecule has 0 bridgehead atoms. The van der Waals surface area contributed by atoms with Gasteiger partial charge in [-0.3, -0.25) is 14.3 Å². The first-order valence-corrected chi connectivity index (χ1v) is 11.4. The molecule has 2 atom stereocenters. The van der Waals surface area contributed by atoms with E-state index < -0.39 is 28.0 Å². The Balaban J connectivity index is 2.14. The lowest BCUT2D eigenvalue weighted by atomic mass is 10.1. The molecule has 1 aromatic carbocycles. The van der Waals surface area contributed by atoms with Gasteiger partial charge < -0.3 is 14.8 Å². The van der Waals surface area contributed by atoms with Gasteiger partial charge in [-0.25, -0.2) is 4.79 Å². The van der Waals surface area contributed by atoms with Gasteiger partial charge >= 0.3 is 16.4 Å². The number of nitrogens with one attached hydrogen (secondary N) is 2. The van der Waals surface area contributed by atoms with Crippen LogP contribution in [0.3, 0.4) is 0 Å². The van der Waals surface area contributed by atoms with Crippen molar-refractivity contribution >= 4 is 38.9 Å². The zero-order chi connectivity index (χ0) is 21.7. The van der Waals surface area contributed by atoms with Gasteiger partial charge in [0.2, 0.25) is 0 Å². The number of methoxy groups -OCH3 is 1. The Labute approximate surface area is 175 Å². The molecule has 1 aliphatic rings. The summed E-state index contributed by atoms with van der Waals surface area (Å²) in [4.78, 5) is 17.0. The Hall–Kier alpha value is -1.82. The topological polar surface area (TPSA) is 126 Å². The van der Waals surface area contributed by atoms with E-state index in [1.165, 1.54) is 12.1 Å². The summed E-state index contributed by atoms with van der Waals surface area (Å²) < 4.78 is 43.2. The maximum atomic E-state index is 12.3. The Morgan fingerprint density at radius 1 is 1.34 bits per heavy atom. The van der Waals surface area contributed by atoms with E-state index in [1.54, 1.807) is 51.8 Å². The number of alkyl carbamates (subject to hydrolysis) is 1. The summed E-state index contributed by atoms with van der Waals surface area (Å²) in [5.41, 5.74) is 0.465. The van der Waals surface area contributed by atoms with Crippen molar-refractivity contribution in [3.8, 4) is 0 Å². The smallest absolute Gasteiger partial charge is 0.408 e. The molecule has 9 nitrogen and oxygen atoms in total. The molecule has 162 valence electrons. The minimum Gasteiger partial charge on any atom is -0.444 e. The zero-order valence-electron chi connectivity index (χ0n) is 16.8. The molecule has 1 aliphatic heterocycles. The van der Waals surface area contributed by atoms with Gasteiger partial charge in [0.25, 0.3) is 0 Å². The predicted octanol–water partition coefficient (Wildman–Crippen LogP) is 2.50. The van der Waals surface area contributed by atoms with Crippen molar-refractivity contribution in [3.05, 3.63) is 29.8 Å². The summed E-state index contributed by atoms with van der Waals surface area (Å²) in [7, 11) is -2.71. The van der Waals surface area contributed by atoms with E-state index in [-0.39, 0.29) is 11.7 Å². The average molecular weight is 446 g/mol. The number of rotatable bonds is 8. The van der Waals surface area contributed by atoms with Crippen LogP contribution in [-0.4, -0.2) is 61.3 Å². The first-order chi connectivity index (χ1) is 13.4. The van der Waals surface area contributed by atoms with Crippen LogP contribution in [0.25, 0.3) is 0 Å². The van der Waals surface area contributed by atoms with Crippen LogP contribution >= 0.6 is 11.8 Å². The second-order valence-corrected chi connectivity index (χ2v) is 9.76. The van der Waals surface area contributed by atoms with Crippen molar-refractivity contribution in [1.82, 2.24) is 5.32 Å². The number of carbonyl (C=O) groups excluding carboxylic acids is 1. The number of anilines is 1. The number of ether oxygens (including phenoxy) is 2. The quantitative estimate of drug-likeness (QED) is 0.525. The van der Waals surface area contributed by atoms with E-state index in [4.69, 9.17) is 14.0 Å². The van der Waals surface area contributed by atoms with Crippen LogP contribution in [0.4, 0.5) is 10.5 Å². The first kappa shape index (κ1) is 23.5. The Bertz CT molecular complexity index is 834. The standard InChI is InChI=1S/C18H27N3O6S2/c1-18(2,3)27-17(22)20-15(16-19-14(10-26-4)11-28-16)9-12-5-7-13(8-6-12)21-29(23,24)25/h5-8,14-15,21H,9-11H2,1-4H3,(H,20,22)(H,23,24,25)/t14?,15-/m0/s1. The molecule has 0 radical (unpaired) electrons. The molecule has 1 amide bonds. The summed E-state index contributed by atoms with van der Waals surface area (Å²) in [5.74, 6) is 0.771. The van der Waals surface area contributed by atoms with Crippen molar-refractivity contribution in [3.63, 3.8) is 0 Å². The van der Waals surface area contributed by atoms with Gasteiger partial charge in [-0.15, -0.1) is 11.8 Å². The second-order valence-electron chi connectivity index (χ2n) is 7.56. The fourth-order valence-electron chi connectivity index (χ4n) is 2.65.